The summed E-state index contributed by atoms with van der Waals surface area (Å²) in [6, 6.07) is 0. The lowest BCUT2D eigenvalue weighted by atomic mass is 10.6. The van der Waals surface area contributed by atoms with Crippen LogP contribution in [0.4, 0.5) is 5.82 Å². The van der Waals surface area contributed by atoms with Crippen molar-refractivity contribution in [2.24, 2.45) is 0 Å². The highest BCUT2D eigenvalue weighted by atomic mass is 16.5. The topological polar surface area (TPSA) is 69.9 Å². The molecule has 0 saturated carbocycles. The van der Waals surface area contributed by atoms with Gasteiger partial charge in [-0.2, -0.15) is 4.98 Å². The fourth-order valence-corrected chi connectivity index (χ4v) is 1.56. The van der Waals surface area contributed by atoms with E-state index in [1.54, 1.807) is 13.3 Å². The molecule has 0 aliphatic carbocycles. The number of ether oxygens (including phenoxy) is 3. The molecule has 0 fully saturated rings. The average molecular weight is 266 g/mol. The molecular weight excluding hydrogens is 248 g/mol. The number of anilines is 1. The number of fused-ring (bicyclic) bond motifs is 1. The molecule has 1 N–H and O–H groups in total. The fourth-order valence-electron chi connectivity index (χ4n) is 1.56. The van der Waals surface area contributed by atoms with E-state index in [0.29, 0.717) is 38.0 Å². The largest absolute Gasteiger partial charge is 0.473 e. The van der Waals surface area contributed by atoms with E-state index in [4.69, 9.17) is 14.2 Å². The van der Waals surface area contributed by atoms with Crippen molar-refractivity contribution < 1.29 is 14.2 Å². The highest BCUT2D eigenvalue weighted by Crippen LogP contribution is 2.18. The standard InChI is InChI=1S/C12H18N4O3/c1-13-10-9-16-4-3-14-11(16)12(15-10)19-8-7-18-6-5-17-2/h3-4,9,13H,5-8H2,1-2H3. The lowest BCUT2D eigenvalue weighted by molar-refractivity contribution is 0.0539. The Morgan fingerprint density at radius 2 is 2.11 bits per heavy atom. The van der Waals surface area contributed by atoms with Crippen LogP contribution in [0.15, 0.2) is 18.6 Å². The SMILES string of the molecule is CNc1cn2ccnc2c(OCCOCCOC)n1. The van der Waals surface area contributed by atoms with Crippen molar-refractivity contribution in [3.63, 3.8) is 0 Å². The van der Waals surface area contributed by atoms with Crippen molar-refractivity contribution in [1.29, 1.82) is 0 Å². The van der Waals surface area contributed by atoms with E-state index < -0.39 is 0 Å². The van der Waals surface area contributed by atoms with Gasteiger partial charge in [0, 0.05) is 26.6 Å². The smallest absolute Gasteiger partial charge is 0.260 e. The van der Waals surface area contributed by atoms with Gasteiger partial charge in [0.25, 0.3) is 5.88 Å². The van der Waals surface area contributed by atoms with E-state index in [-0.39, 0.29) is 0 Å². The Morgan fingerprint density at radius 3 is 2.89 bits per heavy atom. The number of hydrogen-bond donors (Lipinski definition) is 1. The van der Waals surface area contributed by atoms with E-state index in [1.165, 1.54) is 0 Å². The lowest BCUT2D eigenvalue weighted by Gasteiger charge is -2.09. The maximum absolute atomic E-state index is 5.60. The number of imidazole rings is 1. The lowest BCUT2D eigenvalue weighted by Crippen LogP contribution is -2.11. The summed E-state index contributed by atoms with van der Waals surface area (Å²) in [6.45, 7) is 2.05. The van der Waals surface area contributed by atoms with Crippen molar-refractivity contribution in [1.82, 2.24) is 14.4 Å². The van der Waals surface area contributed by atoms with Crippen LogP contribution in [-0.4, -0.2) is 55.0 Å². The van der Waals surface area contributed by atoms with E-state index in [1.807, 2.05) is 23.8 Å². The van der Waals surface area contributed by atoms with E-state index in [2.05, 4.69) is 15.3 Å². The zero-order chi connectivity index (χ0) is 13.5. The van der Waals surface area contributed by atoms with E-state index in [9.17, 15) is 0 Å². The number of methoxy groups -OCH3 is 1. The zero-order valence-electron chi connectivity index (χ0n) is 11.1. The summed E-state index contributed by atoms with van der Waals surface area (Å²) in [5.74, 6) is 1.22. The second-order valence-corrected chi connectivity index (χ2v) is 3.79. The van der Waals surface area contributed by atoms with Crippen LogP contribution in [0.25, 0.3) is 5.65 Å². The van der Waals surface area contributed by atoms with Crippen molar-refractivity contribution in [2.75, 3.05) is 45.9 Å². The van der Waals surface area contributed by atoms with Crippen LogP contribution in [0.2, 0.25) is 0 Å². The van der Waals surface area contributed by atoms with Gasteiger partial charge < -0.3 is 19.5 Å². The van der Waals surface area contributed by atoms with Crippen LogP contribution in [0, 0.1) is 0 Å². The molecule has 7 nitrogen and oxygen atoms in total. The number of aromatic nitrogens is 3. The minimum absolute atomic E-state index is 0.423. The Labute approximate surface area is 111 Å². The summed E-state index contributed by atoms with van der Waals surface area (Å²) >= 11 is 0. The van der Waals surface area contributed by atoms with Crippen LogP contribution in [-0.2, 0) is 9.47 Å². The van der Waals surface area contributed by atoms with Gasteiger partial charge in [-0.05, 0) is 0 Å². The first-order valence-corrected chi connectivity index (χ1v) is 6.06. The molecule has 7 heteroatoms. The molecule has 0 unspecified atom stereocenters. The number of hydrogen-bond acceptors (Lipinski definition) is 6. The molecule has 0 aliphatic heterocycles. The molecule has 2 aromatic rings. The van der Waals surface area contributed by atoms with Gasteiger partial charge >= 0.3 is 0 Å². The number of nitrogens with one attached hydrogen (secondary N) is 1. The van der Waals surface area contributed by atoms with Gasteiger partial charge in [-0.25, -0.2) is 4.98 Å². The maximum atomic E-state index is 5.60. The van der Waals surface area contributed by atoms with Crippen molar-refractivity contribution in [3.8, 4) is 5.88 Å². The van der Waals surface area contributed by atoms with Crippen molar-refractivity contribution in [2.45, 2.75) is 0 Å². The number of nitrogens with zero attached hydrogens (tertiary/aromatic N) is 3. The third-order valence-corrected chi connectivity index (χ3v) is 2.50. The van der Waals surface area contributed by atoms with Crippen LogP contribution in [0.3, 0.4) is 0 Å². The van der Waals surface area contributed by atoms with E-state index >= 15 is 0 Å². The van der Waals surface area contributed by atoms with Crippen LogP contribution in [0.1, 0.15) is 0 Å². The second-order valence-electron chi connectivity index (χ2n) is 3.79. The van der Waals surface area contributed by atoms with Gasteiger partial charge in [-0.1, -0.05) is 0 Å². The molecule has 0 atom stereocenters. The summed E-state index contributed by atoms with van der Waals surface area (Å²) in [4.78, 5) is 8.54. The minimum Gasteiger partial charge on any atom is -0.473 e. The first kappa shape index (κ1) is 13.6. The molecule has 104 valence electrons. The molecule has 0 bridgehead atoms. The molecular formula is C12H18N4O3. The average Bonchev–Trinajstić information content (AvgIpc) is 2.90. The molecule has 2 heterocycles. The first-order chi connectivity index (χ1) is 9.35. The molecule has 0 saturated heterocycles. The Hall–Kier alpha value is -1.86. The van der Waals surface area contributed by atoms with Crippen LogP contribution >= 0.6 is 0 Å². The van der Waals surface area contributed by atoms with E-state index in [0.717, 1.165) is 5.82 Å². The summed E-state index contributed by atoms with van der Waals surface area (Å²) in [6.07, 6.45) is 5.41. The quantitative estimate of drug-likeness (QED) is 0.713. The maximum Gasteiger partial charge on any atom is 0.260 e. The molecule has 19 heavy (non-hydrogen) atoms. The first-order valence-electron chi connectivity index (χ1n) is 6.06. The molecule has 0 spiro atoms. The Balaban J connectivity index is 1.93. The summed E-state index contributed by atoms with van der Waals surface area (Å²) < 4.78 is 17.7. The Bertz CT molecular complexity index is 515. The van der Waals surface area contributed by atoms with Gasteiger partial charge in [0.05, 0.1) is 26.0 Å². The van der Waals surface area contributed by atoms with Crippen molar-refractivity contribution in [3.05, 3.63) is 18.6 Å². The molecule has 0 amide bonds. The Morgan fingerprint density at radius 1 is 1.26 bits per heavy atom. The Kier molecular flexibility index (Phi) is 4.93. The summed E-state index contributed by atoms with van der Waals surface area (Å²) in [5, 5.41) is 2.98. The second kappa shape index (κ2) is 6.91. The third kappa shape index (κ3) is 3.55. The van der Waals surface area contributed by atoms with Gasteiger partial charge in [-0.15, -0.1) is 0 Å². The fraction of sp³-hybridized carbons (Fsp3) is 0.500. The van der Waals surface area contributed by atoms with Crippen LogP contribution < -0.4 is 10.1 Å². The highest BCUT2D eigenvalue weighted by Gasteiger charge is 2.07. The molecule has 2 rings (SSSR count). The highest BCUT2D eigenvalue weighted by molar-refractivity contribution is 5.53. The normalized spacial score (nSPS) is 10.8. The predicted octanol–water partition coefficient (Wildman–Crippen LogP) is 0.813. The summed E-state index contributed by atoms with van der Waals surface area (Å²) in [7, 11) is 3.45. The third-order valence-electron chi connectivity index (χ3n) is 2.50. The van der Waals surface area contributed by atoms with Crippen LogP contribution in [0.5, 0.6) is 5.88 Å². The van der Waals surface area contributed by atoms with Gasteiger partial charge in [0.1, 0.15) is 12.4 Å². The summed E-state index contributed by atoms with van der Waals surface area (Å²) in [5.41, 5.74) is 0.691. The van der Waals surface area contributed by atoms with Gasteiger partial charge in [0.15, 0.2) is 0 Å². The number of rotatable bonds is 8. The van der Waals surface area contributed by atoms with Gasteiger partial charge in [-0.3, -0.25) is 4.40 Å². The minimum atomic E-state index is 0.423. The molecule has 2 aromatic heterocycles. The molecule has 0 aromatic carbocycles. The molecule has 0 aliphatic rings. The van der Waals surface area contributed by atoms with Crippen molar-refractivity contribution >= 4 is 11.5 Å². The monoisotopic (exact) mass is 266 g/mol. The predicted molar refractivity (Wildman–Crippen MR) is 70.7 cm³/mol. The molecule has 0 radical (unpaired) electrons. The zero-order valence-corrected chi connectivity index (χ0v) is 11.1. The van der Waals surface area contributed by atoms with Gasteiger partial charge in [0.2, 0.25) is 5.65 Å².